The number of hydrogen-bond acceptors (Lipinski definition) is 6. The highest BCUT2D eigenvalue weighted by atomic mass is 16.6. The van der Waals surface area contributed by atoms with Crippen LogP contribution in [0.5, 0.6) is 0 Å². The molecule has 1 aromatic carbocycles. The van der Waals surface area contributed by atoms with Crippen LogP contribution in [0.3, 0.4) is 0 Å². The van der Waals surface area contributed by atoms with Crippen LogP contribution in [0.4, 0.5) is 10.5 Å². The Bertz CT molecular complexity index is 678. The lowest BCUT2D eigenvalue weighted by atomic mass is 10.1. The van der Waals surface area contributed by atoms with E-state index in [0.29, 0.717) is 5.56 Å². The third-order valence-electron chi connectivity index (χ3n) is 2.71. The average Bonchev–Trinajstić information content (AvgIpc) is 2.41. The lowest BCUT2D eigenvalue weighted by molar-refractivity contribution is -0.385. The molecule has 0 aliphatic carbocycles. The number of urea groups is 1. The van der Waals surface area contributed by atoms with E-state index in [0.717, 1.165) is 0 Å². The van der Waals surface area contributed by atoms with Crippen molar-refractivity contribution in [1.82, 2.24) is 10.6 Å². The first-order valence-corrected chi connectivity index (χ1v) is 7.04. The number of aryl methyl sites for hydroxylation is 1. The summed E-state index contributed by atoms with van der Waals surface area (Å²) in [5.41, 5.74) is -0.270. The maximum absolute atomic E-state index is 11.8. The van der Waals surface area contributed by atoms with Crippen molar-refractivity contribution in [2.75, 3.05) is 6.61 Å². The van der Waals surface area contributed by atoms with Gasteiger partial charge in [-0.15, -0.1) is 0 Å². The van der Waals surface area contributed by atoms with Gasteiger partial charge in [0, 0.05) is 17.2 Å². The Morgan fingerprint density at radius 3 is 2.38 bits per heavy atom. The third-order valence-corrected chi connectivity index (χ3v) is 2.71. The first kappa shape index (κ1) is 19.1. The molecule has 0 unspecified atom stereocenters. The zero-order valence-electron chi connectivity index (χ0n) is 13.8. The van der Waals surface area contributed by atoms with E-state index in [1.807, 2.05) is 5.32 Å². The minimum Gasteiger partial charge on any atom is -0.452 e. The predicted octanol–water partition coefficient (Wildman–Crippen LogP) is 1.68. The normalized spacial score (nSPS) is 10.7. The van der Waals surface area contributed by atoms with Crippen molar-refractivity contribution < 1.29 is 24.0 Å². The van der Waals surface area contributed by atoms with Crippen LogP contribution in [0.15, 0.2) is 18.2 Å². The summed E-state index contributed by atoms with van der Waals surface area (Å²) in [6.07, 6.45) is 0. The molecular formula is C15H19N3O6. The number of nitrogens with one attached hydrogen (secondary N) is 2. The van der Waals surface area contributed by atoms with Gasteiger partial charge in [-0.2, -0.15) is 0 Å². The maximum Gasteiger partial charge on any atom is 0.338 e. The van der Waals surface area contributed by atoms with E-state index in [9.17, 15) is 24.5 Å². The highest BCUT2D eigenvalue weighted by Crippen LogP contribution is 2.19. The minimum absolute atomic E-state index is 0.0741. The van der Waals surface area contributed by atoms with Crippen molar-refractivity contribution in [2.24, 2.45) is 0 Å². The summed E-state index contributed by atoms with van der Waals surface area (Å²) in [4.78, 5) is 45.0. The van der Waals surface area contributed by atoms with Crippen LogP contribution >= 0.6 is 0 Å². The fourth-order valence-corrected chi connectivity index (χ4v) is 1.74. The molecule has 0 aliphatic rings. The Morgan fingerprint density at radius 2 is 1.88 bits per heavy atom. The summed E-state index contributed by atoms with van der Waals surface area (Å²) in [7, 11) is 0. The molecule has 0 aromatic heterocycles. The smallest absolute Gasteiger partial charge is 0.338 e. The lowest BCUT2D eigenvalue weighted by Gasteiger charge is -2.20. The van der Waals surface area contributed by atoms with Crippen LogP contribution in [-0.4, -0.2) is 35.0 Å². The topological polar surface area (TPSA) is 128 Å². The number of imide groups is 1. The van der Waals surface area contributed by atoms with E-state index in [1.165, 1.54) is 25.1 Å². The van der Waals surface area contributed by atoms with Gasteiger partial charge in [0.05, 0.1) is 10.5 Å². The van der Waals surface area contributed by atoms with E-state index < -0.39 is 35.0 Å². The molecule has 0 spiro atoms. The average molecular weight is 337 g/mol. The van der Waals surface area contributed by atoms with Gasteiger partial charge in [-0.1, -0.05) is 0 Å². The summed E-state index contributed by atoms with van der Waals surface area (Å²) in [6.45, 7) is 6.07. The van der Waals surface area contributed by atoms with Gasteiger partial charge in [-0.3, -0.25) is 20.2 Å². The van der Waals surface area contributed by atoms with Gasteiger partial charge in [-0.05, 0) is 39.8 Å². The van der Waals surface area contributed by atoms with Crippen molar-refractivity contribution in [3.8, 4) is 0 Å². The molecule has 1 aromatic rings. The summed E-state index contributed by atoms with van der Waals surface area (Å²) < 4.78 is 4.78. The van der Waals surface area contributed by atoms with Gasteiger partial charge in [-0.25, -0.2) is 9.59 Å². The second kappa shape index (κ2) is 7.53. The van der Waals surface area contributed by atoms with Crippen molar-refractivity contribution in [3.63, 3.8) is 0 Å². The van der Waals surface area contributed by atoms with Gasteiger partial charge in [0.1, 0.15) is 0 Å². The number of benzene rings is 1. The summed E-state index contributed by atoms with van der Waals surface area (Å²) in [5, 5.41) is 15.3. The summed E-state index contributed by atoms with van der Waals surface area (Å²) in [5.74, 6) is -1.61. The Morgan fingerprint density at radius 1 is 1.25 bits per heavy atom. The number of nitro benzene ring substituents is 1. The number of rotatable bonds is 4. The second-order valence-corrected chi connectivity index (χ2v) is 6.09. The molecule has 2 N–H and O–H groups in total. The van der Waals surface area contributed by atoms with Crippen molar-refractivity contribution in [3.05, 3.63) is 39.4 Å². The zero-order chi connectivity index (χ0) is 18.5. The van der Waals surface area contributed by atoms with Crippen molar-refractivity contribution in [2.45, 2.75) is 33.2 Å². The molecule has 9 nitrogen and oxygen atoms in total. The van der Waals surface area contributed by atoms with E-state index in [1.54, 1.807) is 20.8 Å². The molecular weight excluding hydrogens is 318 g/mol. The van der Waals surface area contributed by atoms with E-state index in [4.69, 9.17) is 4.74 Å². The zero-order valence-corrected chi connectivity index (χ0v) is 13.8. The molecule has 0 bridgehead atoms. The second-order valence-electron chi connectivity index (χ2n) is 6.09. The standard InChI is InChI=1S/C15H19N3O6/c1-9-7-10(5-6-11(9)18(22)23)13(20)24-8-12(19)16-14(21)17-15(2,3)4/h5-7H,8H2,1-4H3,(H2,16,17,19,21). The molecule has 0 fully saturated rings. The third kappa shape index (κ3) is 6.03. The first-order chi connectivity index (χ1) is 11.0. The molecule has 0 saturated carbocycles. The number of amides is 3. The van der Waals surface area contributed by atoms with Crippen LogP contribution in [-0.2, 0) is 9.53 Å². The van der Waals surface area contributed by atoms with Gasteiger partial charge < -0.3 is 10.1 Å². The van der Waals surface area contributed by atoms with E-state index >= 15 is 0 Å². The highest BCUT2D eigenvalue weighted by Gasteiger charge is 2.18. The molecule has 9 heteroatoms. The molecule has 1 rings (SSSR count). The van der Waals surface area contributed by atoms with E-state index in [2.05, 4.69) is 5.32 Å². The Labute approximate surface area is 138 Å². The maximum atomic E-state index is 11.8. The van der Waals surface area contributed by atoms with Crippen molar-refractivity contribution >= 4 is 23.6 Å². The Balaban J connectivity index is 2.57. The van der Waals surface area contributed by atoms with Crippen LogP contribution in [0, 0.1) is 17.0 Å². The number of nitrogens with zero attached hydrogens (tertiary/aromatic N) is 1. The number of carbonyl (C=O) groups excluding carboxylic acids is 3. The van der Waals surface area contributed by atoms with Gasteiger partial charge >= 0.3 is 12.0 Å². The quantitative estimate of drug-likeness (QED) is 0.489. The Kier molecular flexibility index (Phi) is 5.99. The number of esters is 1. The van der Waals surface area contributed by atoms with Gasteiger partial charge in [0.2, 0.25) is 0 Å². The molecule has 0 radical (unpaired) electrons. The Hall–Kier alpha value is -2.97. The molecule has 0 heterocycles. The number of carbonyl (C=O) groups is 3. The largest absolute Gasteiger partial charge is 0.452 e. The van der Waals surface area contributed by atoms with Crippen LogP contribution in [0.25, 0.3) is 0 Å². The fourth-order valence-electron chi connectivity index (χ4n) is 1.74. The van der Waals surface area contributed by atoms with E-state index in [-0.39, 0.29) is 11.3 Å². The molecule has 0 atom stereocenters. The predicted molar refractivity (Wildman–Crippen MR) is 84.5 cm³/mol. The molecule has 24 heavy (non-hydrogen) atoms. The van der Waals surface area contributed by atoms with Crippen molar-refractivity contribution in [1.29, 1.82) is 0 Å². The summed E-state index contributed by atoms with van der Waals surface area (Å²) in [6, 6.07) is 3.01. The number of hydrogen-bond donors (Lipinski definition) is 2. The molecule has 130 valence electrons. The van der Waals surface area contributed by atoms with Gasteiger partial charge in [0.15, 0.2) is 6.61 Å². The fraction of sp³-hybridized carbons (Fsp3) is 0.400. The minimum atomic E-state index is -0.820. The first-order valence-electron chi connectivity index (χ1n) is 7.04. The van der Waals surface area contributed by atoms with Crippen LogP contribution in [0.1, 0.15) is 36.7 Å². The van der Waals surface area contributed by atoms with Crippen LogP contribution in [0.2, 0.25) is 0 Å². The number of ether oxygens (including phenoxy) is 1. The molecule has 0 saturated heterocycles. The monoisotopic (exact) mass is 337 g/mol. The lowest BCUT2D eigenvalue weighted by Crippen LogP contribution is -2.49. The van der Waals surface area contributed by atoms with Gasteiger partial charge in [0.25, 0.3) is 11.6 Å². The van der Waals surface area contributed by atoms with Crippen LogP contribution < -0.4 is 10.6 Å². The highest BCUT2D eigenvalue weighted by molar-refractivity contribution is 5.97. The molecule has 3 amide bonds. The SMILES string of the molecule is Cc1cc(C(=O)OCC(=O)NC(=O)NC(C)(C)C)ccc1[N+](=O)[O-]. The number of nitro groups is 1. The molecule has 0 aliphatic heterocycles. The summed E-state index contributed by atoms with van der Waals surface area (Å²) >= 11 is 0.